The van der Waals surface area contributed by atoms with Crippen LogP contribution < -0.4 is 10.6 Å². The van der Waals surface area contributed by atoms with Crippen LogP contribution in [0.15, 0.2) is 22.5 Å². The van der Waals surface area contributed by atoms with Gasteiger partial charge in [-0.2, -0.15) is 0 Å². The van der Waals surface area contributed by atoms with E-state index in [-0.39, 0.29) is 11.7 Å². The zero-order chi connectivity index (χ0) is 16.8. The van der Waals surface area contributed by atoms with Gasteiger partial charge in [0.25, 0.3) is 0 Å². The van der Waals surface area contributed by atoms with Crippen molar-refractivity contribution in [3.8, 4) is 0 Å². The number of carbonyl (C=O) groups is 1. The third kappa shape index (κ3) is 5.84. The third-order valence-corrected chi connectivity index (χ3v) is 5.45. The molecule has 2 aromatic rings. The van der Waals surface area contributed by atoms with E-state index >= 15 is 0 Å². The summed E-state index contributed by atoms with van der Waals surface area (Å²) in [7, 11) is 0. The Morgan fingerprint density at radius 1 is 1.35 bits per heavy atom. The Hall–Kier alpha value is -1.02. The number of aromatic nitrogens is 2. The van der Waals surface area contributed by atoms with Gasteiger partial charge in [-0.05, 0) is 18.1 Å². The molecule has 0 unspecified atom stereocenters. The molecular weight excluding hydrogens is 375 g/mol. The second-order valence-corrected chi connectivity index (χ2v) is 8.07. The minimum atomic E-state index is -0.175. The summed E-state index contributed by atoms with van der Waals surface area (Å²) in [5, 5.41) is 15.5. The normalized spacial score (nSPS) is 10.8. The number of amides is 1. The molecule has 124 valence electrons. The highest BCUT2D eigenvalue weighted by molar-refractivity contribution is 8.01. The highest BCUT2D eigenvalue weighted by atomic mass is 35.5. The van der Waals surface area contributed by atoms with E-state index in [0.717, 1.165) is 16.0 Å². The molecule has 0 saturated heterocycles. The Morgan fingerprint density at radius 3 is 2.87 bits per heavy atom. The molecule has 0 saturated carbocycles. The van der Waals surface area contributed by atoms with Crippen molar-refractivity contribution in [1.82, 2.24) is 10.2 Å². The van der Waals surface area contributed by atoms with Gasteiger partial charge in [-0.15, -0.1) is 10.2 Å². The first-order chi connectivity index (χ1) is 11.0. The lowest BCUT2D eigenvalue weighted by molar-refractivity contribution is -0.113. The average molecular weight is 391 g/mol. The summed E-state index contributed by atoms with van der Waals surface area (Å²) in [6.45, 7) is 5.08. The van der Waals surface area contributed by atoms with Gasteiger partial charge >= 0.3 is 0 Å². The zero-order valence-electron chi connectivity index (χ0n) is 12.6. The Balaban J connectivity index is 1.83. The minimum absolute atomic E-state index is 0.175. The molecule has 1 aromatic carbocycles. The van der Waals surface area contributed by atoms with Crippen molar-refractivity contribution in [3.05, 3.63) is 28.2 Å². The number of nitrogens with one attached hydrogen (secondary N) is 2. The molecule has 0 atom stereocenters. The van der Waals surface area contributed by atoms with Gasteiger partial charge in [0, 0.05) is 6.54 Å². The molecule has 1 aromatic heterocycles. The van der Waals surface area contributed by atoms with Gasteiger partial charge in [-0.1, -0.05) is 66.2 Å². The van der Waals surface area contributed by atoms with E-state index < -0.39 is 0 Å². The summed E-state index contributed by atoms with van der Waals surface area (Å²) < 4.78 is 0.739. The van der Waals surface area contributed by atoms with Crippen LogP contribution in [-0.2, 0) is 4.79 Å². The Morgan fingerprint density at radius 2 is 2.13 bits per heavy atom. The summed E-state index contributed by atoms with van der Waals surface area (Å²) in [6, 6.07) is 5.10. The van der Waals surface area contributed by atoms with Crippen LogP contribution in [0.5, 0.6) is 0 Å². The first-order valence-corrected chi connectivity index (χ1v) is 9.45. The van der Waals surface area contributed by atoms with Crippen LogP contribution in [0.25, 0.3) is 0 Å². The summed E-state index contributed by atoms with van der Waals surface area (Å²) in [6.07, 6.45) is 0. The lowest BCUT2D eigenvalue weighted by Gasteiger charge is -2.07. The van der Waals surface area contributed by atoms with Crippen molar-refractivity contribution < 1.29 is 4.79 Å². The Labute approximate surface area is 153 Å². The van der Waals surface area contributed by atoms with Crippen molar-refractivity contribution in [2.75, 3.05) is 22.9 Å². The standard InChI is InChI=1S/C14H16Cl2N4OS2/c1-8(2)6-17-13-19-20-14(23-13)22-7-11(21)18-10-5-3-4-9(15)12(10)16/h3-5,8H,6-7H2,1-2H3,(H,17,19)(H,18,21). The molecule has 0 fully saturated rings. The lowest BCUT2D eigenvalue weighted by Crippen LogP contribution is -2.14. The average Bonchev–Trinajstić information content (AvgIpc) is 2.96. The van der Waals surface area contributed by atoms with E-state index in [1.807, 2.05) is 0 Å². The number of carbonyl (C=O) groups excluding carboxylic acids is 1. The van der Waals surface area contributed by atoms with Gasteiger partial charge in [0.2, 0.25) is 11.0 Å². The van der Waals surface area contributed by atoms with Crippen LogP contribution in [0.1, 0.15) is 13.8 Å². The quantitative estimate of drug-likeness (QED) is 0.673. The topological polar surface area (TPSA) is 66.9 Å². The minimum Gasteiger partial charge on any atom is -0.360 e. The fourth-order valence-electron chi connectivity index (χ4n) is 1.54. The van der Waals surface area contributed by atoms with Crippen molar-refractivity contribution in [3.63, 3.8) is 0 Å². The summed E-state index contributed by atoms with van der Waals surface area (Å²) in [5.41, 5.74) is 0.501. The summed E-state index contributed by atoms with van der Waals surface area (Å²) in [4.78, 5) is 12.0. The second kappa shape index (κ2) is 8.73. The van der Waals surface area contributed by atoms with Gasteiger partial charge in [0.1, 0.15) is 0 Å². The van der Waals surface area contributed by atoms with E-state index in [2.05, 4.69) is 34.7 Å². The molecule has 1 heterocycles. The maximum Gasteiger partial charge on any atom is 0.234 e. The third-order valence-electron chi connectivity index (χ3n) is 2.62. The first kappa shape index (κ1) is 18.3. The fraction of sp³-hybridized carbons (Fsp3) is 0.357. The molecule has 0 aliphatic carbocycles. The van der Waals surface area contributed by atoms with Crippen LogP contribution in [-0.4, -0.2) is 28.4 Å². The predicted octanol–water partition coefficient (Wildman–Crippen LogP) is 4.64. The van der Waals surface area contributed by atoms with E-state index in [4.69, 9.17) is 23.2 Å². The number of benzene rings is 1. The number of thioether (sulfide) groups is 1. The van der Waals surface area contributed by atoms with Gasteiger partial charge in [0.05, 0.1) is 21.5 Å². The molecule has 2 rings (SSSR count). The maximum absolute atomic E-state index is 12.0. The van der Waals surface area contributed by atoms with Crippen molar-refractivity contribution in [2.24, 2.45) is 5.92 Å². The van der Waals surface area contributed by atoms with Gasteiger partial charge in [-0.3, -0.25) is 4.79 Å². The SMILES string of the molecule is CC(C)CNc1nnc(SCC(=O)Nc2cccc(Cl)c2Cl)s1. The summed E-state index contributed by atoms with van der Waals surface area (Å²) in [5.74, 6) is 0.580. The molecule has 5 nitrogen and oxygen atoms in total. The van der Waals surface area contributed by atoms with Crippen LogP contribution >= 0.6 is 46.3 Å². The largest absolute Gasteiger partial charge is 0.360 e. The maximum atomic E-state index is 12.0. The number of anilines is 2. The zero-order valence-corrected chi connectivity index (χ0v) is 15.7. The van der Waals surface area contributed by atoms with Gasteiger partial charge < -0.3 is 10.6 Å². The molecule has 0 bridgehead atoms. The van der Waals surface area contributed by atoms with E-state index in [1.165, 1.54) is 23.1 Å². The van der Waals surface area contributed by atoms with Crippen LogP contribution in [0, 0.1) is 5.92 Å². The highest BCUT2D eigenvalue weighted by Crippen LogP contribution is 2.30. The predicted molar refractivity (Wildman–Crippen MR) is 99.1 cm³/mol. The molecule has 0 spiro atoms. The fourth-order valence-corrected chi connectivity index (χ4v) is 3.45. The molecule has 1 amide bonds. The summed E-state index contributed by atoms with van der Waals surface area (Å²) >= 11 is 14.7. The number of nitrogens with zero attached hydrogens (tertiary/aromatic N) is 2. The molecule has 0 radical (unpaired) electrons. The Kier molecular flexibility index (Phi) is 6.95. The number of hydrogen-bond acceptors (Lipinski definition) is 6. The van der Waals surface area contributed by atoms with E-state index in [9.17, 15) is 4.79 Å². The molecule has 0 aliphatic rings. The number of halogens is 2. The Bertz CT molecular complexity index is 679. The molecule has 9 heteroatoms. The number of hydrogen-bond donors (Lipinski definition) is 2. The van der Waals surface area contributed by atoms with Crippen LogP contribution in [0.2, 0.25) is 10.0 Å². The van der Waals surface area contributed by atoms with Crippen LogP contribution in [0.3, 0.4) is 0 Å². The van der Waals surface area contributed by atoms with E-state index in [1.54, 1.807) is 18.2 Å². The van der Waals surface area contributed by atoms with Crippen molar-refractivity contribution in [2.45, 2.75) is 18.2 Å². The number of rotatable bonds is 7. The smallest absolute Gasteiger partial charge is 0.234 e. The molecule has 0 aliphatic heterocycles. The van der Waals surface area contributed by atoms with Crippen LogP contribution in [0.4, 0.5) is 10.8 Å². The lowest BCUT2D eigenvalue weighted by atomic mass is 10.2. The highest BCUT2D eigenvalue weighted by Gasteiger charge is 2.11. The molecule has 2 N–H and O–H groups in total. The van der Waals surface area contributed by atoms with Crippen molar-refractivity contribution in [1.29, 1.82) is 0 Å². The molecule has 23 heavy (non-hydrogen) atoms. The van der Waals surface area contributed by atoms with Gasteiger partial charge in [0.15, 0.2) is 4.34 Å². The van der Waals surface area contributed by atoms with Gasteiger partial charge in [-0.25, -0.2) is 0 Å². The second-order valence-electron chi connectivity index (χ2n) is 5.09. The molecular formula is C14H16Cl2N4OS2. The van der Waals surface area contributed by atoms with Crippen molar-refractivity contribution >= 4 is 63.0 Å². The monoisotopic (exact) mass is 390 g/mol. The first-order valence-electron chi connectivity index (χ1n) is 6.89. The van der Waals surface area contributed by atoms with E-state index in [0.29, 0.717) is 21.7 Å².